The zero-order valence-corrected chi connectivity index (χ0v) is 13.4. The van der Waals surface area contributed by atoms with Gasteiger partial charge in [0.25, 0.3) is 0 Å². The van der Waals surface area contributed by atoms with Crippen molar-refractivity contribution >= 4 is 17.3 Å². The van der Waals surface area contributed by atoms with E-state index in [9.17, 15) is 10.1 Å². The molecule has 2 aromatic rings. The minimum atomic E-state index is -1.14. The van der Waals surface area contributed by atoms with Gasteiger partial charge < -0.3 is 15.2 Å². The number of nitrogens with zero attached hydrogens (tertiary/aromatic N) is 4. The van der Waals surface area contributed by atoms with Gasteiger partial charge in [-0.2, -0.15) is 10.4 Å². The van der Waals surface area contributed by atoms with E-state index in [1.54, 1.807) is 23.6 Å². The van der Waals surface area contributed by atoms with Gasteiger partial charge in [-0.25, -0.2) is 9.50 Å². The van der Waals surface area contributed by atoms with Crippen LogP contribution in [-0.4, -0.2) is 33.3 Å². The summed E-state index contributed by atoms with van der Waals surface area (Å²) in [6.45, 7) is 1.89. The van der Waals surface area contributed by atoms with Gasteiger partial charge in [-0.05, 0) is 31.4 Å². The fraction of sp³-hybridized carbons (Fsp3) is 0.500. The van der Waals surface area contributed by atoms with E-state index in [4.69, 9.17) is 15.2 Å². The molecule has 1 aliphatic heterocycles. The highest BCUT2D eigenvalue weighted by atomic mass is 16.6. The number of fused-ring (bicyclic) bond motifs is 1. The lowest BCUT2D eigenvalue weighted by Crippen LogP contribution is -2.40. The monoisotopic (exact) mass is 329 g/mol. The average Bonchev–Trinajstić information content (AvgIpc) is 3.06. The van der Waals surface area contributed by atoms with Crippen LogP contribution in [0.25, 0.3) is 5.52 Å². The number of nitriles is 1. The van der Waals surface area contributed by atoms with Gasteiger partial charge in [0, 0.05) is 6.42 Å². The molecule has 126 valence electrons. The number of rotatable bonds is 4. The van der Waals surface area contributed by atoms with Crippen molar-refractivity contribution in [3.63, 3.8) is 0 Å². The lowest BCUT2D eigenvalue weighted by Gasteiger charge is -2.35. The summed E-state index contributed by atoms with van der Waals surface area (Å²) in [5.74, 6) is 0.0638. The average molecular weight is 329 g/mol. The Kier molecular flexibility index (Phi) is 4.36. The van der Waals surface area contributed by atoms with E-state index >= 15 is 0 Å². The molecule has 24 heavy (non-hydrogen) atoms. The van der Waals surface area contributed by atoms with E-state index in [2.05, 4.69) is 16.2 Å². The predicted molar refractivity (Wildman–Crippen MR) is 84.7 cm³/mol. The third kappa shape index (κ3) is 2.78. The summed E-state index contributed by atoms with van der Waals surface area (Å²) < 4.78 is 12.8. The van der Waals surface area contributed by atoms with Crippen molar-refractivity contribution in [2.75, 3.05) is 12.3 Å². The van der Waals surface area contributed by atoms with Gasteiger partial charge >= 0.3 is 5.97 Å². The molecule has 1 aliphatic rings. The number of nitrogen functional groups attached to an aromatic ring is 1. The fourth-order valence-electron chi connectivity index (χ4n) is 2.97. The molecule has 1 saturated heterocycles. The molecule has 1 fully saturated rings. The fourth-order valence-corrected chi connectivity index (χ4v) is 2.97. The second-order valence-electron chi connectivity index (χ2n) is 5.77. The first kappa shape index (κ1) is 16.2. The minimum Gasteiger partial charge on any atom is -0.463 e. The van der Waals surface area contributed by atoms with Crippen molar-refractivity contribution in [3.05, 3.63) is 24.2 Å². The van der Waals surface area contributed by atoms with Crippen LogP contribution in [0.5, 0.6) is 0 Å². The quantitative estimate of drug-likeness (QED) is 0.846. The van der Waals surface area contributed by atoms with Crippen LogP contribution in [0.1, 0.15) is 38.3 Å². The van der Waals surface area contributed by atoms with E-state index in [-0.39, 0.29) is 18.7 Å². The van der Waals surface area contributed by atoms with Crippen LogP contribution in [0, 0.1) is 11.3 Å². The molecular formula is C16H19N5O3. The third-order valence-electron chi connectivity index (χ3n) is 4.22. The number of hydrogen-bond donors (Lipinski definition) is 1. The summed E-state index contributed by atoms with van der Waals surface area (Å²) in [5.41, 5.74) is 5.95. The Bertz CT molecular complexity index is 797. The van der Waals surface area contributed by atoms with E-state index < -0.39 is 5.60 Å². The van der Waals surface area contributed by atoms with Crippen LogP contribution in [0.3, 0.4) is 0 Å². The SMILES string of the molecule is CCC(=O)OC[C@@H]1CCC[C@](C#N)(c2ccc3c(N)ncnn23)O1. The largest absolute Gasteiger partial charge is 0.463 e. The first-order chi connectivity index (χ1) is 11.6. The van der Waals surface area contributed by atoms with Gasteiger partial charge in [0.15, 0.2) is 11.4 Å². The number of carbonyl (C=O) groups excluding carboxylic acids is 1. The predicted octanol–water partition coefficient (Wildman–Crippen LogP) is 1.55. The summed E-state index contributed by atoms with van der Waals surface area (Å²) in [6.07, 6.45) is 3.41. The van der Waals surface area contributed by atoms with Gasteiger partial charge in [-0.15, -0.1) is 0 Å². The van der Waals surface area contributed by atoms with Crippen LogP contribution < -0.4 is 5.73 Å². The highest BCUT2D eigenvalue weighted by Crippen LogP contribution is 2.38. The maximum Gasteiger partial charge on any atom is 0.305 e. The summed E-state index contributed by atoms with van der Waals surface area (Å²) >= 11 is 0. The van der Waals surface area contributed by atoms with E-state index in [1.165, 1.54) is 6.33 Å². The number of nitrogens with two attached hydrogens (primary N) is 1. The Labute approximate surface area is 139 Å². The van der Waals surface area contributed by atoms with E-state index in [0.29, 0.717) is 29.9 Å². The van der Waals surface area contributed by atoms with Crippen molar-refractivity contribution in [2.45, 2.75) is 44.3 Å². The zero-order chi connectivity index (χ0) is 17.2. The van der Waals surface area contributed by atoms with Crippen molar-refractivity contribution in [1.82, 2.24) is 14.6 Å². The highest BCUT2D eigenvalue weighted by Gasteiger charge is 2.42. The molecule has 2 aromatic heterocycles. The highest BCUT2D eigenvalue weighted by molar-refractivity contribution is 5.68. The first-order valence-corrected chi connectivity index (χ1v) is 7.93. The molecule has 2 N–H and O–H groups in total. The standard InChI is InChI=1S/C16H19N5O3/c1-2-14(22)23-8-11-4-3-7-16(9-17,24-11)13-6-5-12-15(18)19-10-20-21(12)13/h5-6,10-11H,2-4,7-8H2,1H3,(H2,18,19,20)/t11-,16-/m0/s1. The molecule has 8 heteroatoms. The molecule has 3 rings (SSSR count). The Balaban J connectivity index is 1.89. The van der Waals surface area contributed by atoms with Crippen molar-refractivity contribution in [2.24, 2.45) is 0 Å². The number of esters is 1. The van der Waals surface area contributed by atoms with Crippen LogP contribution >= 0.6 is 0 Å². The molecule has 0 spiro atoms. The Morgan fingerprint density at radius 3 is 3.21 bits per heavy atom. The first-order valence-electron chi connectivity index (χ1n) is 7.93. The lowest BCUT2D eigenvalue weighted by atomic mass is 9.90. The Hall–Kier alpha value is -2.66. The van der Waals surface area contributed by atoms with Gasteiger partial charge in [0.2, 0.25) is 0 Å². The van der Waals surface area contributed by atoms with Crippen molar-refractivity contribution < 1.29 is 14.3 Å². The van der Waals surface area contributed by atoms with Gasteiger partial charge in [-0.3, -0.25) is 4.79 Å². The molecule has 0 aliphatic carbocycles. The number of anilines is 1. The summed E-state index contributed by atoms with van der Waals surface area (Å²) in [7, 11) is 0. The molecule has 0 bridgehead atoms. The van der Waals surface area contributed by atoms with Crippen LogP contribution in [0.4, 0.5) is 5.82 Å². The molecule has 2 atom stereocenters. The second-order valence-corrected chi connectivity index (χ2v) is 5.77. The zero-order valence-electron chi connectivity index (χ0n) is 13.4. The number of carbonyl (C=O) groups is 1. The maximum absolute atomic E-state index is 11.3. The number of hydrogen-bond acceptors (Lipinski definition) is 7. The van der Waals surface area contributed by atoms with Crippen LogP contribution in [0.2, 0.25) is 0 Å². The van der Waals surface area contributed by atoms with Gasteiger partial charge in [0.05, 0.1) is 11.8 Å². The summed E-state index contributed by atoms with van der Waals surface area (Å²) in [4.78, 5) is 15.3. The smallest absolute Gasteiger partial charge is 0.305 e. The molecule has 0 unspecified atom stereocenters. The molecule has 0 amide bonds. The van der Waals surface area contributed by atoms with Crippen LogP contribution in [-0.2, 0) is 19.9 Å². The molecule has 3 heterocycles. The lowest BCUT2D eigenvalue weighted by molar-refractivity contribution is -0.158. The molecule has 8 nitrogen and oxygen atoms in total. The van der Waals surface area contributed by atoms with E-state index in [0.717, 1.165) is 12.8 Å². The van der Waals surface area contributed by atoms with Gasteiger partial charge in [0.1, 0.15) is 24.5 Å². The van der Waals surface area contributed by atoms with Crippen molar-refractivity contribution in [1.29, 1.82) is 5.26 Å². The molecular weight excluding hydrogens is 310 g/mol. The topological polar surface area (TPSA) is 116 Å². The molecule has 0 saturated carbocycles. The number of ether oxygens (including phenoxy) is 2. The summed E-state index contributed by atoms with van der Waals surface area (Å²) in [6, 6.07) is 5.83. The van der Waals surface area contributed by atoms with Crippen molar-refractivity contribution in [3.8, 4) is 6.07 Å². The number of aromatic nitrogens is 3. The Morgan fingerprint density at radius 2 is 2.46 bits per heavy atom. The minimum absolute atomic E-state index is 0.149. The molecule has 0 aromatic carbocycles. The van der Waals surface area contributed by atoms with Crippen LogP contribution in [0.15, 0.2) is 18.5 Å². The van der Waals surface area contributed by atoms with E-state index in [1.807, 2.05) is 0 Å². The third-order valence-corrected chi connectivity index (χ3v) is 4.22. The summed E-state index contributed by atoms with van der Waals surface area (Å²) in [5, 5.41) is 14.0. The molecule has 0 radical (unpaired) electrons. The second kappa shape index (κ2) is 6.45. The Morgan fingerprint density at radius 1 is 1.62 bits per heavy atom. The maximum atomic E-state index is 11.3. The van der Waals surface area contributed by atoms with Gasteiger partial charge in [-0.1, -0.05) is 6.92 Å². The normalized spacial score (nSPS) is 23.8.